The van der Waals surface area contributed by atoms with Crippen molar-refractivity contribution in [1.82, 2.24) is 24.8 Å². The highest BCUT2D eigenvalue weighted by Gasteiger charge is 2.25. The third-order valence-corrected chi connectivity index (χ3v) is 5.33. The number of carbonyl (C=O) groups is 2. The Morgan fingerprint density at radius 3 is 2.55 bits per heavy atom. The first-order chi connectivity index (χ1) is 14.2. The van der Waals surface area contributed by atoms with E-state index in [9.17, 15) is 9.59 Å². The van der Waals surface area contributed by atoms with E-state index in [1.807, 2.05) is 45.8 Å². The number of nitrogens with zero attached hydrogens (tertiary/aromatic N) is 4. The van der Waals surface area contributed by atoms with Crippen LogP contribution in [0.3, 0.4) is 0 Å². The molecule has 4 rings (SSSR count). The summed E-state index contributed by atoms with van der Waals surface area (Å²) in [5.74, 6) is 1.15. The second-order valence-corrected chi connectivity index (χ2v) is 7.12. The lowest BCUT2D eigenvalue weighted by Crippen LogP contribution is -2.37. The van der Waals surface area contributed by atoms with E-state index in [-0.39, 0.29) is 11.8 Å². The third-order valence-electron chi connectivity index (χ3n) is 5.33. The number of carbonyl (C=O) groups excluding carboxylic acids is 2. The fourth-order valence-corrected chi connectivity index (χ4v) is 3.66. The fourth-order valence-electron chi connectivity index (χ4n) is 3.66. The third kappa shape index (κ3) is 4.03. The Kier molecular flexibility index (Phi) is 5.37. The molecule has 1 fully saturated rings. The number of amides is 2. The summed E-state index contributed by atoms with van der Waals surface area (Å²) >= 11 is 0. The van der Waals surface area contributed by atoms with Gasteiger partial charge in [0.2, 0.25) is 5.91 Å². The highest BCUT2D eigenvalue weighted by molar-refractivity contribution is 5.94. The monoisotopic (exact) mass is 389 g/mol. The normalized spacial score (nSPS) is 15.1. The molecular formula is C22H23N5O2. The fraction of sp³-hybridized carbons (Fsp3) is 0.273. The number of pyridine rings is 1. The standard InChI is InChI=1S/C22H23N5O2/c1-23-22(29)18-8-5-16(6-9-18)7-10-20(28)26-14-11-17(12-15-26)21-25-24-19-4-2-3-13-27(19)21/h2-10,13,17H,11-12,14-15H2,1H3,(H,23,29). The van der Waals surface area contributed by atoms with Crippen molar-refractivity contribution >= 4 is 23.5 Å². The van der Waals surface area contributed by atoms with Crippen LogP contribution in [-0.4, -0.2) is 51.4 Å². The second kappa shape index (κ2) is 8.26. The number of nitrogens with one attached hydrogen (secondary N) is 1. The number of aromatic nitrogens is 3. The van der Waals surface area contributed by atoms with Crippen LogP contribution in [0, 0.1) is 0 Å². The van der Waals surface area contributed by atoms with Crippen molar-refractivity contribution in [3.63, 3.8) is 0 Å². The molecule has 148 valence electrons. The topological polar surface area (TPSA) is 79.6 Å². The highest BCUT2D eigenvalue weighted by atomic mass is 16.2. The maximum Gasteiger partial charge on any atom is 0.251 e. The second-order valence-electron chi connectivity index (χ2n) is 7.12. The zero-order valence-electron chi connectivity index (χ0n) is 16.3. The molecule has 0 bridgehead atoms. The summed E-state index contributed by atoms with van der Waals surface area (Å²) in [6, 6.07) is 13.0. The van der Waals surface area contributed by atoms with Crippen LogP contribution in [0.4, 0.5) is 0 Å². The summed E-state index contributed by atoms with van der Waals surface area (Å²) in [4.78, 5) is 26.0. The largest absolute Gasteiger partial charge is 0.355 e. The van der Waals surface area contributed by atoms with E-state index in [0.29, 0.717) is 24.6 Å². The van der Waals surface area contributed by atoms with Crippen molar-refractivity contribution in [2.45, 2.75) is 18.8 Å². The zero-order chi connectivity index (χ0) is 20.2. The van der Waals surface area contributed by atoms with Gasteiger partial charge in [-0.25, -0.2) is 0 Å². The average molecular weight is 389 g/mol. The van der Waals surface area contributed by atoms with Gasteiger partial charge in [-0.3, -0.25) is 14.0 Å². The van der Waals surface area contributed by atoms with E-state index in [0.717, 1.165) is 29.9 Å². The van der Waals surface area contributed by atoms with Crippen LogP contribution in [0.25, 0.3) is 11.7 Å². The maximum atomic E-state index is 12.5. The van der Waals surface area contributed by atoms with E-state index in [1.54, 1.807) is 31.3 Å². The van der Waals surface area contributed by atoms with Gasteiger partial charge >= 0.3 is 0 Å². The summed E-state index contributed by atoms with van der Waals surface area (Å²) in [6.07, 6.45) is 7.11. The van der Waals surface area contributed by atoms with E-state index in [4.69, 9.17) is 0 Å². The molecule has 3 aromatic rings. The Bertz CT molecular complexity index is 1050. The number of rotatable bonds is 4. The van der Waals surface area contributed by atoms with Gasteiger partial charge in [0.15, 0.2) is 5.65 Å². The van der Waals surface area contributed by atoms with Gasteiger partial charge in [0.05, 0.1) is 0 Å². The van der Waals surface area contributed by atoms with Crippen LogP contribution >= 0.6 is 0 Å². The quantitative estimate of drug-likeness (QED) is 0.696. The molecule has 7 heteroatoms. The summed E-state index contributed by atoms with van der Waals surface area (Å²) in [5.41, 5.74) is 2.33. The molecule has 29 heavy (non-hydrogen) atoms. The average Bonchev–Trinajstić information content (AvgIpc) is 3.21. The molecule has 1 aromatic carbocycles. The van der Waals surface area contributed by atoms with Gasteiger partial charge in [-0.05, 0) is 48.7 Å². The molecule has 2 amide bonds. The smallest absolute Gasteiger partial charge is 0.251 e. The van der Waals surface area contributed by atoms with Gasteiger partial charge in [0, 0.05) is 43.9 Å². The summed E-state index contributed by atoms with van der Waals surface area (Å²) in [7, 11) is 1.60. The molecule has 1 saturated heterocycles. The van der Waals surface area contributed by atoms with Gasteiger partial charge in [0.1, 0.15) is 5.82 Å². The lowest BCUT2D eigenvalue weighted by Gasteiger charge is -2.30. The number of hydrogen-bond donors (Lipinski definition) is 1. The molecule has 0 unspecified atom stereocenters. The van der Waals surface area contributed by atoms with Gasteiger partial charge in [-0.2, -0.15) is 0 Å². The molecule has 0 aliphatic carbocycles. The Hall–Kier alpha value is -3.48. The molecule has 0 spiro atoms. The van der Waals surface area contributed by atoms with E-state index < -0.39 is 0 Å². The highest BCUT2D eigenvalue weighted by Crippen LogP contribution is 2.27. The number of likely N-dealkylation sites (tertiary alicyclic amines) is 1. The number of hydrogen-bond acceptors (Lipinski definition) is 4. The van der Waals surface area contributed by atoms with Gasteiger partial charge in [0.25, 0.3) is 5.91 Å². The van der Waals surface area contributed by atoms with Crippen LogP contribution in [-0.2, 0) is 4.79 Å². The number of benzene rings is 1. The molecule has 1 N–H and O–H groups in total. The number of piperidine rings is 1. The number of fused-ring (bicyclic) bond motifs is 1. The maximum absolute atomic E-state index is 12.5. The van der Waals surface area contributed by atoms with Crippen LogP contribution in [0.5, 0.6) is 0 Å². The van der Waals surface area contributed by atoms with Crippen molar-refractivity contribution in [3.05, 3.63) is 71.7 Å². The minimum Gasteiger partial charge on any atom is -0.355 e. The molecule has 0 radical (unpaired) electrons. The van der Waals surface area contributed by atoms with Gasteiger partial charge < -0.3 is 10.2 Å². The summed E-state index contributed by atoms with van der Waals surface area (Å²) < 4.78 is 2.03. The Morgan fingerprint density at radius 1 is 1.07 bits per heavy atom. The molecular weight excluding hydrogens is 366 g/mol. The lowest BCUT2D eigenvalue weighted by molar-refractivity contribution is -0.127. The minimum absolute atomic E-state index is 0.00456. The van der Waals surface area contributed by atoms with E-state index >= 15 is 0 Å². The van der Waals surface area contributed by atoms with Crippen LogP contribution in [0.2, 0.25) is 0 Å². The van der Waals surface area contributed by atoms with E-state index in [2.05, 4.69) is 15.5 Å². The predicted molar refractivity (Wildman–Crippen MR) is 110 cm³/mol. The molecule has 2 aromatic heterocycles. The van der Waals surface area contributed by atoms with Crippen molar-refractivity contribution in [3.8, 4) is 0 Å². The molecule has 3 heterocycles. The molecule has 7 nitrogen and oxygen atoms in total. The first-order valence-electron chi connectivity index (χ1n) is 9.74. The van der Waals surface area contributed by atoms with Crippen molar-refractivity contribution in [2.75, 3.05) is 20.1 Å². The van der Waals surface area contributed by atoms with Crippen LogP contribution in [0.1, 0.15) is 40.5 Å². The van der Waals surface area contributed by atoms with Crippen molar-refractivity contribution < 1.29 is 9.59 Å². The van der Waals surface area contributed by atoms with Crippen LogP contribution in [0.15, 0.2) is 54.7 Å². The Morgan fingerprint density at radius 2 is 1.83 bits per heavy atom. The first kappa shape index (κ1) is 18.9. The molecule has 1 aliphatic rings. The Labute approximate surface area is 169 Å². The van der Waals surface area contributed by atoms with Crippen molar-refractivity contribution in [1.29, 1.82) is 0 Å². The zero-order valence-corrected chi connectivity index (χ0v) is 16.3. The van der Waals surface area contributed by atoms with E-state index in [1.165, 1.54) is 0 Å². The lowest BCUT2D eigenvalue weighted by atomic mass is 9.96. The minimum atomic E-state index is -0.125. The van der Waals surface area contributed by atoms with Crippen molar-refractivity contribution in [2.24, 2.45) is 0 Å². The molecule has 0 atom stereocenters. The first-order valence-corrected chi connectivity index (χ1v) is 9.74. The summed E-state index contributed by atoms with van der Waals surface area (Å²) in [6.45, 7) is 1.40. The van der Waals surface area contributed by atoms with Crippen LogP contribution < -0.4 is 5.32 Å². The Balaban J connectivity index is 1.35. The SMILES string of the molecule is CNC(=O)c1ccc(C=CC(=O)N2CCC(c3nnc4ccccn34)CC2)cc1. The predicted octanol–water partition coefficient (Wildman–Crippen LogP) is 2.51. The van der Waals surface area contributed by atoms with Gasteiger partial charge in [-0.1, -0.05) is 18.2 Å². The molecule has 0 saturated carbocycles. The van der Waals surface area contributed by atoms with Gasteiger partial charge in [-0.15, -0.1) is 10.2 Å². The summed E-state index contributed by atoms with van der Waals surface area (Å²) in [5, 5.41) is 11.2. The molecule has 1 aliphatic heterocycles.